The molecule has 0 spiro atoms. The molecule has 0 radical (unpaired) electrons. The topological polar surface area (TPSA) is 129 Å². The molecule has 5 N–H and O–H groups in total. The Morgan fingerprint density at radius 1 is 1.19 bits per heavy atom. The maximum atomic E-state index is 13.7. The summed E-state index contributed by atoms with van der Waals surface area (Å²) in [6.07, 6.45) is 4.27. The molecule has 0 bridgehead atoms. The van der Waals surface area contributed by atoms with Crippen molar-refractivity contribution < 1.29 is 19.0 Å². The molecule has 1 unspecified atom stereocenters. The number of aryl methyl sites for hydroxylation is 1. The molecule has 2 aliphatic heterocycles. The van der Waals surface area contributed by atoms with Crippen molar-refractivity contribution in [3.63, 3.8) is 0 Å². The molecule has 0 saturated carbocycles. The molecule has 1 atom stereocenters. The summed E-state index contributed by atoms with van der Waals surface area (Å²) in [6.45, 7) is 2.93. The van der Waals surface area contributed by atoms with Gasteiger partial charge < -0.3 is 40.0 Å². The van der Waals surface area contributed by atoms with Gasteiger partial charge in [-0.2, -0.15) is 0 Å². The first-order valence-electron chi connectivity index (χ1n) is 12.6. The number of carbonyl (C=O) groups excluding carboxylic acids is 1. The number of H-pyrrole nitrogens is 1. The van der Waals surface area contributed by atoms with E-state index in [1.807, 2.05) is 46.3 Å². The lowest BCUT2D eigenvalue weighted by molar-refractivity contribution is 0.0376. The summed E-state index contributed by atoms with van der Waals surface area (Å²) in [5.41, 5.74) is 10.7. The summed E-state index contributed by atoms with van der Waals surface area (Å²) in [5, 5.41) is 11.8. The van der Waals surface area contributed by atoms with Gasteiger partial charge in [-0.1, -0.05) is 0 Å². The molecule has 3 aromatic rings. The Hall–Kier alpha value is -3.92. The van der Waals surface area contributed by atoms with Gasteiger partial charge in [0.25, 0.3) is 0 Å². The second-order valence-corrected chi connectivity index (χ2v) is 9.40. The van der Waals surface area contributed by atoms with Crippen molar-refractivity contribution in [2.75, 3.05) is 52.4 Å². The van der Waals surface area contributed by atoms with Crippen LogP contribution in [0.3, 0.4) is 0 Å². The van der Waals surface area contributed by atoms with E-state index in [-0.39, 0.29) is 18.0 Å². The van der Waals surface area contributed by atoms with Crippen molar-refractivity contribution in [3.8, 4) is 11.5 Å². The molecule has 2 aliphatic rings. The van der Waals surface area contributed by atoms with Gasteiger partial charge >= 0.3 is 6.03 Å². The number of rotatable bonds is 6. The van der Waals surface area contributed by atoms with Gasteiger partial charge in [0.15, 0.2) is 5.96 Å². The zero-order valence-corrected chi connectivity index (χ0v) is 21.3. The van der Waals surface area contributed by atoms with Crippen molar-refractivity contribution in [2.24, 2.45) is 5.73 Å². The molecule has 196 valence electrons. The number of benzene rings is 2. The van der Waals surface area contributed by atoms with E-state index in [0.717, 1.165) is 47.0 Å². The number of hydrogen-bond donors (Lipinski definition) is 4. The Kier molecular flexibility index (Phi) is 7.09. The van der Waals surface area contributed by atoms with Gasteiger partial charge in [0.1, 0.15) is 11.5 Å². The second-order valence-electron chi connectivity index (χ2n) is 9.40. The van der Waals surface area contributed by atoms with Crippen LogP contribution in [-0.2, 0) is 17.6 Å². The summed E-state index contributed by atoms with van der Waals surface area (Å²) in [6, 6.07) is 9.89. The first kappa shape index (κ1) is 24.8. The molecule has 5 rings (SSSR count). The number of fused-ring (bicyclic) bond motifs is 2. The average molecular weight is 507 g/mol. The molecule has 10 nitrogen and oxygen atoms in total. The zero-order valence-electron chi connectivity index (χ0n) is 21.3. The largest absolute Gasteiger partial charge is 0.497 e. The highest BCUT2D eigenvalue weighted by molar-refractivity contribution is 5.91. The summed E-state index contributed by atoms with van der Waals surface area (Å²) in [7, 11) is 3.27. The fraction of sp³-hybridized carbons (Fsp3) is 0.407. The molecule has 1 aromatic heterocycles. The number of aromatic amines is 1. The van der Waals surface area contributed by atoms with Gasteiger partial charge in [0.05, 0.1) is 39.2 Å². The molecule has 1 fully saturated rings. The number of morpholine rings is 1. The molecule has 0 aliphatic carbocycles. The molecule has 10 heteroatoms. The number of urea groups is 1. The predicted molar refractivity (Wildman–Crippen MR) is 143 cm³/mol. The molecule has 1 saturated heterocycles. The lowest BCUT2D eigenvalue weighted by Gasteiger charge is -2.41. The molecular weight excluding hydrogens is 472 g/mol. The summed E-state index contributed by atoms with van der Waals surface area (Å²) >= 11 is 0. The van der Waals surface area contributed by atoms with Crippen molar-refractivity contribution in [2.45, 2.75) is 25.3 Å². The number of aromatic nitrogens is 1. The average Bonchev–Trinajstić information content (AvgIpc) is 3.33. The number of nitrogens with two attached hydrogens (primary N) is 1. The minimum Gasteiger partial charge on any atom is -0.497 e. The fourth-order valence-electron chi connectivity index (χ4n) is 5.40. The minimum absolute atomic E-state index is 0.0384. The van der Waals surface area contributed by atoms with Gasteiger partial charge in [-0.15, -0.1) is 0 Å². The number of carbonyl (C=O) groups is 1. The van der Waals surface area contributed by atoms with E-state index in [1.54, 1.807) is 14.2 Å². The van der Waals surface area contributed by atoms with Crippen molar-refractivity contribution >= 4 is 28.6 Å². The molecule has 2 aromatic carbocycles. The third-order valence-electron chi connectivity index (χ3n) is 7.28. The second kappa shape index (κ2) is 10.6. The monoisotopic (exact) mass is 506 g/mol. The molecule has 3 heterocycles. The van der Waals surface area contributed by atoms with Crippen LogP contribution in [0.15, 0.2) is 36.5 Å². The van der Waals surface area contributed by atoms with Crippen molar-refractivity contribution in [1.82, 2.24) is 14.8 Å². The Balaban J connectivity index is 1.50. The maximum absolute atomic E-state index is 13.7. The Labute approximate surface area is 216 Å². The SMILES string of the molecule is COc1ccc2[nH]cc(CCC3c4cc(NC(=N)N)c(OC)cc4CCN3C(=O)N3CCOCC3)c2c1. The van der Waals surface area contributed by atoms with Crippen molar-refractivity contribution in [1.29, 1.82) is 5.41 Å². The summed E-state index contributed by atoms with van der Waals surface area (Å²) in [5.74, 6) is 1.27. The molecule has 37 heavy (non-hydrogen) atoms. The standard InChI is InChI=1S/C27H34N6O4/c1-35-19-4-5-22-20(14-19)18(16-30-22)3-6-24-21-15-23(31-26(28)29)25(36-2)13-17(21)7-8-33(24)27(34)32-9-11-37-12-10-32/h4-5,13-16,24,30H,3,6-12H2,1-2H3,(H4,28,29,31). The van der Waals surface area contributed by atoms with Crippen LogP contribution in [0.2, 0.25) is 0 Å². The number of nitrogens with one attached hydrogen (secondary N) is 3. The van der Waals surface area contributed by atoms with Crippen LogP contribution in [0.4, 0.5) is 10.5 Å². The van der Waals surface area contributed by atoms with E-state index in [2.05, 4.69) is 10.3 Å². The molecule has 2 amide bonds. The van der Waals surface area contributed by atoms with Crippen LogP contribution < -0.4 is 20.5 Å². The number of ether oxygens (including phenoxy) is 3. The predicted octanol–water partition coefficient (Wildman–Crippen LogP) is 3.47. The quantitative estimate of drug-likeness (QED) is 0.299. The third-order valence-corrected chi connectivity index (χ3v) is 7.28. The number of amides is 2. The highest BCUT2D eigenvalue weighted by Gasteiger charge is 2.34. The molecular formula is C27H34N6O4. The highest BCUT2D eigenvalue weighted by atomic mass is 16.5. The summed E-state index contributed by atoms with van der Waals surface area (Å²) in [4.78, 5) is 20.9. The van der Waals surface area contributed by atoms with E-state index >= 15 is 0 Å². The smallest absolute Gasteiger partial charge is 0.320 e. The van der Waals surface area contributed by atoms with Gasteiger partial charge in [0, 0.05) is 36.7 Å². The number of guanidine groups is 1. The van der Waals surface area contributed by atoms with Crippen LogP contribution in [0, 0.1) is 5.41 Å². The lowest BCUT2D eigenvalue weighted by atomic mass is 9.88. The Morgan fingerprint density at radius 2 is 2.00 bits per heavy atom. The Bertz CT molecular complexity index is 1300. The number of methoxy groups -OCH3 is 2. The van der Waals surface area contributed by atoms with E-state index in [4.69, 9.17) is 25.4 Å². The maximum Gasteiger partial charge on any atom is 0.320 e. The normalized spacial score (nSPS) is 17.4. The van der Waals surface area contributed by atoms with Crippen LogP contribution >= 0.6 is 0 Å². The van der Waals surface area contributed by atoms with Gasteiger partial charge in [-0.25, -0.2) is 4.79 Å². The minimum atomic E-state index is -0.167. The lowest BCUT2D eigenvalue weighted by Crippen LogP contribution is -2.51. The van der Waals surface area contributed by atoms with E-state index in [0.29, 0.717) is 44.3 Å². The number of nitrogens with zero attached hydrogens (tertiary/aromatic N) is 2. The van der Waals surface area contributed by atoms with E-state index in [9.17, 15) is 4.79 Å². The fourth-order valence-corrected chi connectivity index (χ4v) is 5.40. The van der Waals surface area contributed by atoms with Crippen LogP contribution in [0.1, 0.15) is 29.2 Å². The van der Waals surface area contributed by atoms with Gasteiger partial charge in [-0.3, -0.25) is 5.41 Å². The van der Waals surface area contributed by atoms with E-state index < -0.39 is 0 Å². The number of hydrogen-bond acceptors (Lipinski definition) is 5. The van der Waals surface area contributed by atoms with Gasteiger partial charge in [-0.05, 0) is 66.3 Å². The first-order chi connectivity index (χ1) is 18.0. The third kappa shape index (κ3) is 5.01. The van der Waals surface area contributed by atoms with Gasteiger partial charge in [0.2, 0.25) is 0 Å². The van der Waals surface area contributed by atoms with Crippen molar-refractivity contribution in [3.05, 3.63) is 53.2 Å². The van der Waals surface area contributed by atoms with Crippen LogP contribution in [-0.4, -0.2) is 73.8 Å². The number of anilines is 1. The van der Waals surface area contributed by atoms with E-state index in [1.165, 1.54) is 5.56 Å². The first-order valence-corrected chi connectivity index (χ1v) is 12.6. The van der Waals surface area contributed by atoms with Crippen LogP contribution in [0.5, 0.6) is 11.5 Å². The van der Waals surface area contributed by atoms with Crippen LogP contribution in [0.25, 0.3) is 10.9 Å². The zero-order chi connectivity index (χ0) is 25.9. The highest BCUT2D eigenvalue weighted by Crippen LogP contribution is 2.40. The Morgan fingerprint density at radius 3 is 2.73 bits per heavy atom. The summed E-state index contributed by atoms with van der Waals surface area (Å²) < 4.78 is 16.5.